The predicted molar refractivity (Wildman–Crippen MR) is 97.9 cm³/mol. The zero-order valence-corrected chi connectivity index (χ0v) is 15.9. The van der Waals surface area contributed by atoms with Crippen LogP contribution in [0.4, 0.5) is 5.69 Å². The number of benzene rings is 1. The van der Waals surface area contributed by atoms with Gasteiger partial charge in [0, 0.05) is 25.2 Å². The maximum atomic E-state index is 12.8. The largest absolute Gasteiger partial charge is 0.314 e. The van der Waals surface area contributed by atoms with E-state index in [1.165, 1.54) is 35.3 Å². The summed E-state index contributed by atoms with van der Waals surface area (Å²) in [6, 6.07) is 4.22. The minimum Gasteiger partial charge on any atom is -0.314 e. The van der Waals surface area contributed by atoms with Crippen LogP contribution in [0.25, 0.3) is 0 Å². The van der Waals surface area contributed by atoms with Crippen molar-refractivity contribution in [2.45, 2.75) is 36.6 Å². The molecule has 3 rings (SSSR count). The van der Waals surface area contributed by atoms with Crippen molar-refractivity contribution in [1.82, 2.24) is 9.62 Å². The first-order chi connectivity index (χ1) is 11.4. The van der Waals surface area contributed by atoms with Crippen molar-refractivity contribution in [2.75, 3.05) is 19.6 Å². The first-order valence-corrected chi connectivity index (χ1v) is 9.88. The van der Waals surface area contributed by atoms with Crippen molar-refractivity contribution in [2.24, 2.45) is 5.92 Å². The fourth-order valence-electron chi connectivity index (χ4n) is 2.98. The molecule has 10 heteroatoms. The second kappa shape index (κ2) is 8.18. The minimum absolute atomic E-state index is 0. The number of halogens is 2. The summed E-state index contributed by atoms with van der Waals surface area (Å²) >= 11 is 5.97. The van der Waals surface area contributed by atoms with Gasteiger partial charge in [-0.1, -0.05) is 17.7 Å². The Morgan fingerprint density at radius 1 is 1.24 bits per heavy atom. The van der Waals surface area contributed by atoms with E-state index in [0.29, 0.717) is 32.0 Å². The number of hydrogen-bond acceptors (Lipinski definition) is 5. The quantitative estimate of drug-likeness (QED) is 0.575. The first-order valence-electron chi connectivity index (χ1n) is 8.06. The normalized spacial score (nSPS) is 19.4. The van der Waals surface area contributed by atoms with Crippen LogP contribution in [-0.4, -0.2) is 43.3 Å². The molecule has 0 radical (unpaired) electrons. The summed E-state index contributed by atoms with van der Waals surface area (Å²) in [5.74, 6) is 0.775. The van der Waals surface area contributed by atoms with Crippen LogP contribution in [0.5, 0.6) is 0 Å². The van der Waals surface area contributed by atoms with Gasteiger partial charge in [0.05, 0.1) is 9.95 Å². The van der Waals surface area contributed by atoms with Crippen LogP contribution in [0.3, 0.4) is 0 Å². The van der Waals surface area contributed by atoms with Gasteiger partial charge < -0.3 is 5.32 Å². The Hall–Kier alpha value is -0.930. The molecule has 2 aliphatic rings. The Kier molecular flexibility index (Phi) is 6.67. The van der Waals surface area contributed by atoms with Crippen molar-refractivity contribution in [3.05, 3.63) is 33.3 Å². The molecule has 0 unspecified atom stereocenters. The monoisotopic (exact) mass is 409 g/mol. The molecule has 1 aliphatic heterocycles. The third kappa shape index (κ3) is 4.62. The molecule has 0 atom stereocenters. The van der Waals surface area contributed by atoms with Gasteiger partial charge in [0.15, 0.2) is 4.90 Å². The van der Waals surface area contributed by atoms with Crippen molar-refractivity contribution in [3.8, 4) is 0 Å². The summed E-state index contributed by atoms with van der Waals surface area (Å²) < 4.78 is 27.0. The molecule has 1 heterocycles. The number of nitro benzene ring substituents is 1. The number of sulfonamides is 1. The molecule has 1 saturated heterocycles. The molecule has 1 N–H and O–H groups in total. The number of rotatable bonds is 6. The number of nitrogens with one attached hydrogen (secondary N) is 1. The fourth-order valence-corrected chi connectivity index (χ4v) is 5.11. The van der Waals surface area contributed by atoms with Crippen molar-refractivity contribution in [1.29, 1.82) is 0 Å². The van der Waals surface area contributed by atoms with E-state index in [1.54, 1.807) is 0 Å². The van der Waals surface area contributed by atoms with Crippen LogP contribution in [0, 0.1) is 16.0 Å². The number of nitro groups is 1. The molecule has 1 saturated carbocycles. The molecule has 25 heavy (non-hydrogen) atoms. The number of piperidine rings is 1. The standard InChI is InChI=1S/C15H20ClN3O4S.ClH/c16-13-2-1-3-14(19(20)21)15(13)24(22,23)18-8-6-12(7-9-18)17-10-11-4-5-11;/h1-3,11-12,17H,4-10H2;1H. The summed E-state index contributed by atoms with van der Waals surface area (Å²) in [6.45, 7) is 1.67. The van der Waals surface area contributed by atoms with Gasteiger partial charge in [0.25, 0.3) is 15.7 Å². The molecular weight excluding hydrogens is 389 g/mol. The van der Waals surface area contributed by atoms with E-state index in [-0.39, 0.29) is 17.4 Å². The van der Waals surface area contributed by atoms with Gasteiger partial charge in [-0.15, -0.1) is 12.4 Å². The van der Waals surface area contributed by atoms with Crippen LogP contribution < -0.4 is 5.32 Å². The lowest BCUT2D eigenvalue weighted by Gasteiger charge is -2.31. The lowest BCUT2D eigenvalue weighted by atomic mass is 10.1. The maximum absolute atomic E-state index is 12.8. The average molecular weight is 410 g/mol. The van der Waals surface area contributed by atoms with Gasteiger partial charge in [0.1, 0.15) is 0 Å². The van der Waals surface area contributed by atoms with E-state index in [4.69, 9.17) is 11.6 Å². The van der Waals surface area contributed by atoms with Crippen LogP contribution in [0.1, 0.15) is 25.7 Å². The summed E-state index contributed by atoms with van der Waals surface area (Å²) in [5.41, 5.74) is -0.475. The van der Waals surface area contributed by atoms with Crippen LogP contribution >= 0.6 is 24.0 Å². The van der Waals surface area contributed by atoms with Crippen LogP contribution in [0.15, 0.2) is 23.1 Å². The highest BCUT2D eigenvalue weighted by Gasteiger charge is 2.36. The lowest BCUT2D eigenvalue weighted by molar-refractivity contribution is -0.387. The van der Waals surface area contributed by atoms with Gasteiger partial charge in [-0.3, -0.25) is 10.1 Å². The maximum Gasteiger partial charge on any atom is 0.290 e. The molecule has 1 aliphatic carbocycles. The minimum atomic E-state index is -3.98. The molecule has 1 aromatic rings. The van der Waals surface area contributed by atoms with Gasteiger partial charge in [-0.05, 0) is 44.2 Å². The van der Waals surface area contributed by atoms with Crippen molar-refractivity contribution in [3.63, 3.8) is 0 Å². The van der Waals surface area contributed by atoms with E-state index >= 15 is 0 Å². The summed E-state index contributed by atoms with van der Waals surface area (Å²) in [5, 5.41) is 14.5. The van der Waals surface area contributed by atoms with E-state index in [1.807, 2.05) is 0 Å². The second-order valence-corrected chi connectivity index (χ2v) is 8.66. The topological polar surface area (TPSA) is 92.5 Å². The zero-order chi connectivity index (χ0) is 17.3. The highest BCUT2D eigenvalue weighted by molar-refractivity contribution is 7.89. The number of nitrogens with zero attached hydrogens (tertiary/aromatic N) is 2. The van der Waals surface area contributed by atoms with Gasteiger partial charge in [-0.2, -0.15) is 4.31 Å². The van der Waals surface area contributed by atoms with E-state index in [9.17, 15) is 18.5 Å². The SMILES string of the molecule is Cl.O=[N+]([O-])c1cccc(Cl)c1S(=O)(=O)N1CCC(NCC2CC2)CC1. The summed E-state index contributed by atoms with van der Waals surface area (Å²) in [7, 11) is -3.98. The molecular formula is C15H21Cl2N3O4S. The van der Waals surface area contributed by atoms with Crippen molar-refractivity contribution >= 4 is 39.7 Å². The van der Waals surface area contributed by atoms with E-state index < -0.39 is 25.5 Å². The highest BCUT2D eigenvalue weighted by Crippen LogP contribution is 2.34. The van der Waals surface area contributed by atoms with Gasteiger partial charge in [-0.25, -0.2) is 8.42 Å². The Bertz CT molecular complexity index is 732. The Labute approximate surface area is 158 Å². The summed E-state index contributed by atoms with van der Waals surface area (Å²) in [4.78, 5) is 10.1. The predicted octanol–water partition coefficient (Wildman–Crippen LogP) is 2.82. The molecule has 1 aromatic carbocycles. The third-order valence-corrected chi connectivity index (χ3v) is 7.00. The average Bonchev–Trinajstić information content (AvgIpc) is 3.37. The molecule has 0 aromatic heterocycles. The fraction of sp³-hybridized carbons (Fsp3) is 0.600. The van der Waals surface area contributed by atoms with E-state index in [0.717, 1.165) is 12.5 Å². The van der Waals surface area contributed by atoms with Crippen LogP contribution in [-0.2, 0) is 10.0 Å². The summed E-state index contributed by atoms with van der Waals surface area (Å²) in [6.07, 6.45) is 3.95. The Morgan fingerprint density at radius 3 is 2.44 bits per heavy atom. The molecule has 0 spiro atoms. The lowest BCUT2D eigenvalue weighted by Crippen LogP contribution is -2.45. The highest BCUT2D eigenvalue weighted by atomic mass is 35.5. The Balaban J connectivity index is 0.00000225. The third-order valence-electron chi connectivity index (χ3n) is 4.59. The molecule has 2 fully saturated rings. The Morgan fingerprint density at radius 2 is 1.88 bits per heavy atom. The molecule has 0 bridgehead atoms. The smallest absolute Gasteiger partial charge is 0.290 e. The molecule has 140 valence electrons. The molecule has 0 amide bonds. The van der Waals surface area contributed by atoms with Crippen molar-refractivity contribution < 1.29 is 13.3 Å². The molecule has 7 nitrogen and oxygen atoms in total. The second-order valence-electron chi connectivity index (χ2n) is 6.38. The van der Waals surface area contributed by atoms with Gasteiger partial charge in [0.2, 0.25) is 0 Å². The first kappa shape index (κ1) is 20.4. The van der Waals surface area contributed by atoms with Gasteiger partial charge >= 0.3 is 0 Å². The zero-order valence-electron chi connectivity index (χ0n) is 13.6. The van der Waals surface area contributed by atoms with Crippen LogP contribution in [0.2, 0.25) is 5.02 Å². The number of hydrogen-bond donors (Lipinski definition) is 1. The van der Waals surface area contributed by atoms with E-state index in [2.05, 4.69) is 5.32 Å².